The van der Waals surface area contributed by atoms with Gasteiger partial charge in [0.2, 0.25) is 15.9 Å². The van der Waals surface area contributed by atoms with Crippen molar-refractivity contribution in [2.45, 2.75) is 6.92 Å². The molecule has 7 heteroatoms. The molecule has 1 saturated heterocycles. The van der Waals surface area contributed by atoms with Gasteiger partial charge in [-0.05, 0) is 12.5 Å². The second kappa shape index (κ2) is 5.42. The van der Waals surface area contributed by atoms with Crippen molar-refractivity contribution in [3.8, 4) is 0 Å². The lowest BCUT2D eigenvalue weighted by Gasteiger charge is -2.21. The number of amides is 1. The maximum atomic E-state index is 11.5. The summed E-state index contributed by atoms with van der Waals surface area (Å²) in [6.45, 7) is 3.81. The summed E-state index contributed by atoms with van der Waals surface area (Å²) in [5.41, 5.74) is 1.83. The van der Waals surface area contributed by atoms with Gasteiger partial charge in [-0.15, -0.1) is 0 Å². The third-order valence-corrected chi connectivity index (χ3v) is 3.05. The van der Waals surface area contributed by atoms with E-state index >= 15 is 0 Å². The standard InChI is InChI=1S/C9H17N3O3S/c1-7(8-5-10-6-8)9(13)11-3-4-12-16(2,14)15/h10,12H,3-6H2,1-2H3,(H,11,13). The molecule has 1 aliphatic heterocycles. The second-order valence-corrected chi connectivity index (χ2v) is 5.59. The molecule has 1 aliphatic rings. The lowest BCUT2D eigenvalue weighted by molar-refractivity contribution is -0.117. The van der Waals surface area contributed by atoms with Gasteiger partial charge in [0, 0.05) is 31.8 Å². The van der Waals surface area contributed by atoms with Gasteiger partial charge < -0.3 is 10.6 Å². The molecule has 0 aromatic heterocycles. The monoisotopic (exact) mass is 247 g/mol. The molecule has 0 unspecified atom stereocenters. The molecule has 92 valence electrons. The summed E-state index contributed by atoms with van der Waals surface area (Å²) in [6.07, 6.45) is 1.09. The molecule has 0 aromatic carbocycles. The van der Waals surface area contributed by atoms with Gasteiger partial charge in [0.05, 0.1) is 6.26 Å². The molecular formula is C9H17N3O3S. The molecule has 0 aliphatic carbocycles. The zero-order valence-corrected chi connectivity index (χ0v) is 10.3. The van der Waals surface area contributed by atoms with Crippen LogP contribution in [0.15, 0.2) is 11.1 Å². The van der Waals surface area contributed by atoms with Crippen LogP contribution in [0.5, 0.6) is 0 Å². The molecule has 1 rings (SSSR count). The molecule has 1 heterocycles. The first-order chi connectivity index (χ1) is 7.40. The Kier molecular flexibility index (Phi) is 4.45. The molecule has 1 amide bonds. The molecule has 0 spiro atoms. The van der Waals surface area contributed by atoms with Crippen LogP contribution in [0.1, 0.15) is 6.92 Å². The molecule has 0 saturated carbocycles. The summed E-state index contributed by atoms with van der Waals surface area (Å²) in [5.74, 6) is -0.133. The summed E-state index contributed by atoms with van der Waals surface area (Å²) >= 11 is 0. The van der Waals surface area contributed by atoms with E-state index in [9.17, 15) is 13.2 Å². The molecule has 6 nitrogen and oxygen atoms in total. The number of rotatable bonds is 5. The van der Waals surface area contributed by atoms with E-state index in [0.717, 1.165) is 30.5 Å². The maximum Gasteiger partial charge on any atom is 0.247 e. The number of hydrogen-bond donors (Lipinski definition) is 3. The third kappa shape index (κ3) is 4.30. The molecule has 16 heavy (non-hydrogen) atoms. The van der Waals surface area contributed by atoms with E-state index in [1.807, 2.05) is 0 Å². The molecule has 0 aromatic rings. The Labute approximate surface area is 95.5 Å². The summed E-state index contributed by atoms with van der Waals surface area (Å²) in [7, 11) is -3.18. The van der Waals surface area contributed by atoms with Crippen LogP contribution in [0.2, 0.25) is 0 Å². The van der Waals surface area contributed by atoms with Gasteiger partial charge in [0.25, 0.3) is 0 Å². The van der Waals surface area contributed by atoms with Gasteiger partial charge in [-0.2, -0.15) is 0 Å². The fourth-order valence-corrected chi connectivity index (χ4v) is 1.69. The largest absolute Gasteiger partial charge is 0.351 e. The average molecular weight is 247 g/mol. The zero-order valence-electron chi connectivity index (χ0n) is 9.46. The highest BCUT2D eigenvalue weighted by atomic mass is 32.2. The Morgan fingerprint density at radius 3 is 2.44 bits per heavy atom. The van der Waals surface area contributed by atoms with Gasteiger partial charge in [-0.25, -0.2) is 13.1 Å². The summed E-state index contributed by atoms with van der Waals surface area (Å²) < 4.78 is 23.8. The fourth-order valence-electron chi connectivity index (χ4n) is 1.22. The fraction of sp³-hybridized carbons (Fsp3) is 0.667. The number of carbonyl (C=O) groups excluding carboxylic acids is 1. The van der Waals surface area contributed by atoms with E-state index in [0.29, 0.717) is 6.54 Å². The lowest BCUT2D eigenvalue weighted by Crippen LogP contribution is -2.39. The lowest BCUT2D eigenvalue weighted by atomic mass is 10.0. The Morgan fingerprint density at radius 2 is 2.00 bits per heavy atom. The van der Waals surface area contributed by atoms with E-state index in [1.54, 1.807) is 6.92 Å². The SMILES string of the molecule is CC(C(=O)NCCNS(C)(=O)=O)=C1CNC1. The number of nitrogens with one attached hydrogen (secondary N) is 3. The van der Waals surface area contributed by atoms with Crippen molar-refractivity contribution in [3.05, 3.63) is 11.1 Å². The Bertz CT molecular complexity index is 394. The van der Waals surface area contributed by atoms with Crippen molar-refractivity contribution >= 4 is 15.9 Å². The minimum Gasteiger partial charge on any atom is -0.351 e. The zero-order chi connectivity index (χ0) is 12.2. The van der Waals surface area contributed by atoms with Crippen LogP contribution >= 0.6 is 0 Å². The molecule has 0 bridgehead atoms. The van der Waals surface area contributed by atoms with Crippen LogP contribution in [0.4, 0.5) is 0 Å². The average Bonchev–Trinajstić information content (AvgIpc) is 2.07. The van der Waals surface area contributed by atoms with Crippen molar-refractivity contribution in [1.82, 2.24) is 15.4 Å². The summed E-state index contributed by atoms with van der Waals surface area (Å²) in [5, 5.41) is 5.71. The highest BCUT2D eigenvalue weighted by Crippen LogP contribution is 2.08. The highest BCUT2D eigenvalue weighted by molar-refractivity contribution is 7.88. The molecule has 0 atom stereocenters. The van der Waals surface area contributed by atoms with E-state index in [2.05, 4.69) is 15.4 Å². The maximum absolute atomic E-state index is 11.5. The molecule has 1 fully saturated rings. The predicted molar refractivity (Wildman–Crippen MR) is 61.4 cm³/mol. The van der Waals surface area contributed by atoms with Gasteiger partial charge in [-0.1, -0.05) is 0 Å². The van der Waals surface area contributed by atoms with Crippen LogP contribution in [0.25, 0.3) is 0 Å². The van der Waals surface area contributed by atoms with Crippen molar-refractivity contribution in [3.63, 3.8) is 0 Å². The quantitative estimate of drug-likeness (QED) is 0.411. The first-order valence-corrected chi connectivity index (χ1v) is 6.91. The van der Waals surface area contributed by atoms with E-state index < -0.39 is 10.0 Å². The Hall–Kier alpha value is -0.920. The van der Waals surface area contributed by atoms with Crippen molar-refractivity contribution in [2.24, 2.45) is 0 Å². The van der Waals surface area contributed by atoms with Crippen LogP contribution in [-0.4, -0.2) is 46.8 Å². The van der Waals surface area contributed by atoms with Crippen molar-refractivity contribution in [1.29, 1.82) is 0 Å². The Morgan fingerprint density at radius 1 is 1.38 bits per heavy atom. The first-order valence-electron chi connectivity index (χ1n) is 5.02. The van der Waals surface area contributed by atoms with Crippen molar-refractivity contribution < 1.29 is 13.2 Å². The van der Waals surface area contributed by atoms with Gasteiger partial charge >= 0.3 is 0 Å². The van der Waals surface area contributed by atoms with Gasteiger partial charge in [0.15, 0.2) is 0 Å². The number of sulfonamides is 1. The van der Waals surface area contributed by atoms with E-state index in [1.165, 1.54) is 0 Å². The van der Waals surface area contributed by atoms with Gasteiger partial charge in [0.1, 0.15) is 0 Å². The summed E-state index contributed by atoms with van der Waals surface area (Å²) in [6, 6.07) is 0. The topological polar surface area (TPSA) is 87.3 Å². The minimum atomic E-state index is -3.18. The summed E-state index contributed by atoms with van der Waals surface area (Å²) in [4.78, 5) is 11.5. The second-order valence-electron chi connectivity index (χ2n) is 3.75. The van der Waals surface area contributed by atoms with E-state index in [4.69, 9.17) is 0 Å². The Balaban J connectivity index is 2.26. The minimum absolute atomic E-state index is 0.133. The van der Waals surface area contributed by atoms with Crippen LogP contribution in [0.3, 0.4) is 0 Å². The predicted octanol–water partition coefficient (Wildman–Crippen LogP) is -1.43. The molecule has 0 radical (unpaired) electrons. The normalized spacial score (nSPS) is 15.5. The first kappa shape index (κ1) is 13.1. The molecule has 3 N–H and O–H groups in total. The number of hydrogen-bond acceptors (Lipinski definition) is 4. The molecular weight excluding hydrogens is 230 g/mol. The number of carbonyl (C=O) groups is 1. The van der Waals surface area contributed by atoms with Crippen LogP contribution < -0.4 is 15.4 Å². The smallest absolute Gasteiger partial charge is 0.247 e. The van der Waals surface area contributed by atoms with Crippen molar-refractivity contribution in [2.75, 3.05) is 32.4 Å². The highest BCUT2D eigenvalue weighted by Gasteiger charge is 2.15. The third-order valence-electron chi connectivity index (χ3n) is 2.32. The van der Waals surface area contributed by atoms with Crippen LogP contribution in [0, 0.1) is 0 Å². The van der Waals surface area contributed by atoms with Gasteiger partial charge in [-0.3, -0.25) is 4.79 Å². The van der Waals surface area contributed by atoms with E-state index in [-0.39, 0.29) is 12.5 Å². The van der Waals surface area contributed by atoms with Crippen LogP contribution in [-0.2, 0) is 14.8 Å².